The predicted octanol–water partition coefficient (Wildman–Crippen LogP) is 2.42. The summed E-state index contributed by atoms with van der Waals surface area (Å²) in [6, 6.07) is 0.322. The summed E-state index contributed by atoms with van der Waals surface area (Å²) in [5, 5.41) is 8.98. The van der Waals surface area contributed by atoms with Crippen LogP contribution in [0.4, 0.5) is 4.79 Å². The lowest BCUT2D eigenvalue weighted by Crippen LogP contribution is -2.46. The lowest BCUT2D eigenvalue weighted by Gasteiger charge is -2.30. The van der Waals surface area contributed by atoms with Gasteiger partial charge in [0.25, 0.3) is 0 Å². The van der Waals surface area contributed by atoms with E-state index in [1.165, 1.54) is 51.4 Å². The molecule has 0 aromatic carbocycles. The van der Waals surface area contributed by atoms with Gasteiger partial charge in [-0.25, -0.2) is 4.79 Å². The third kappa shape index (κ3) is 7.63. The summed E-state index contributed by atoms with van der Waals surface area (Å²) in [7, 11) is 0. The molecule has 6 nitrogen and oxygen atoms in total. The fourth-order valence-electron chi connectivity index (χ4n) is 4.12. The Kier molecular flexibility index (Phi) is 9.08. The van der Waals surface area contributed by atoms with Crippen molar-refractivity contribution in [3.63, 3.8) is 0 Å². The molecule has 2 rings (SSSR count). The van der Waals surface area contributed by atoms with E-state index < -0.39 is 0 Å². The molecule has 0 bridgehead atoms. The molecule has 0 heterocycles. The van der Waals surface area contributed by atoms with Crippen molar-refractivity contribution in [3.05, 3.63) is 0 Å². The van der Waals surface area contributed by atoms with Gasteiger partial charge in [0.2, 0.25) is 5.91 Å². The van der Waals surface area contributed by atoms with Gasteiger partial charge in [0.05, 0.1) is 0 Å². The molecule has 0 aromatic heterocycles. The molecule has 6 heteroatoms. The van der Waals surface area contributed by atoms with E-state index in [2.05, 4.69) is 16.0 Å². The maximum absolute atomic E-state index is 12.1. The quantitative estimate of drug-likeness (QED) is 0.505. The predicted molar refractivity (Wildman–Crippen MR) is 100 cm³/mol. The number of carbonyl (C=O) groups excluding carboxylic acids is 2. The molecular weight excluding hydrogens is 316 g/mol. The number of hydrogen-bond acceptors (Lipinski definition) is 3. The molecule has 2 aliphatic rings. The monoisotopic (exact) mass is 352 g/mol. The molecule has 0 radical (unpaired) electrons. The van der Waals surface area contributed by atoms with Crippen molar-refractivity contribution in [2.24, 2.45) is 11.7 Å². The molecule has 3 amide bonds. The molecule has 0 saturated heterocycles. The van der Waals surface area contributed by atoms with Gasteiger partial charge in [-0.05, 0) is 38.0 Å². The minimum absolute atomic E-state index is 0.0514. The smallest absolute Gasteiger partial charge is 0.315 e. The summed E-state index contributed by atoms with van der Waals surface area (Å²) in [6.45, 7) is 1.04. The van der Waals surface area contributed by atoms with Crippen LogP contribution in [-0.4, -0.2) is 37.1 Å². The van der Waals surface area contributed by atoms with Crippen LogP contribution in [0.3, 0.4) is 0 Å². The van der Waals surface area contributed by atoms with Crippen molar-refractivity contribution in [3.8, 4) is 0 Å². The van der Waals surface area contributed by atoms with Gasteiger partial charge < -0.3 is 21.7 Å². The Labute approximate surface area is 152 Å². The Balaban J connectivity index is 1.55. The van der Waals surface area contributed by atoms with E-state index in [0.29, 0.717) is 37.9 Å². The number of urea groups is 1. The van der Waals surface area contributed by atoms with Crippen molar-refractivity contribution < 1.29 is 9.59 Å². The molecule has 1 atom stereocenters. The van der Waals surface area contributed by atoms with Crippen LogP contribution in [0.5, 0.6) is 0 Å². The largest absolute Gasteiger partial charge is 0.352 e. The van der Waals surface area contributed by atoms with Crippen molar-refractivity contribution in [1.82, 2.24) is 16.0 Å². The van der Waals surface area contributed by atoms with Crippen LogP contribution in [-0.2, 0) is 4.79 Å². The van der Waals surface area contributed by atoms with Crippen LogP contribution in [0.15, 0.2) is 0 Å². The van der Waals surface area contributed by atoms with Crippen LogP contribution in [0.1, 0.15) is 77.0 Å². The summed E-state index contributed by atoms with van der Waals surface area (Å²) >= 11 is 0. The van der Waals surface area contributed by atoms with E-state index in [1.54, 1.807) is 0 Å². The Morgan fingerprint density at radius 3 is 2.24 bits per heavy atom. The fraction of sp³-hybridized carbons (Fsp3) is 0.895. The summed E-state index contributed by atoms with van der Waals surface area (Å²) in [6.07, 6.45) is 13.1. The van der Waals surface area contributed by atoms with Crippen molar-refractivity contribution in [2.75, 3.05) is 13.1 Å². The summed E-state index contributed by atoms with van der Waals surface area (Å²) in [4.78, 5) is 24.0. The zero-order chi connectivity index (χ0) is 17.9. The lowest BCUT2D eigenvalue weighted by molar-refractivity contribution is -0.122. The standard InChI is InChI=1S/C19H36N4O2/c20-14-17(15-8-3-1-4-9-15)23-18(24)12-7-13-21-19(25)22-16-10-5-2-6-11-16/h15-17H,1-14,20H2,(H,23,24)(H2,21,22,25). The first kappa shape index (κ1) is 20.0. The van der Waals surface area contributed by atoms with Gasteiger partial charge in [0, 0.05) is 31.6 Å². The molecule has 2 fully saturated rings. The van der Waals surface area contributed by atoms with Crippen LogP contribution < -0.4 is 21.7 Å². The van der Waals surface area contributed by atoms with E-state index in [4.69, 9.17) is 5.73 Å². The fourth-order valence-corrected chi connectivity index (χ4v) is 4.12. The number of nitrogens with one attached hydrogen (secondary N) is 3. The van der Waals surface area contributed by atoms with E-state index in [-0.39, 0.29) is 18.0 Å². The Bertz CT molecular complexity index is 404. The van der Waals surface area contributed by atoms with Gasteiger partial charge in [0.15, 0.2) is 0 Å². The second kappa shape index (κ2) is 11.3. The number of amides is 3. The molecule has 2 saturated carbocycles. The molecule has 0 aromatic rings. The van der Waals surface area contributed by atoms with E-state index >= 15 is 0 Å². The number of nitrogens with two attached hydrogens (primary N) is 1. The Morgan fingerprint density at radius 2 is 1.60 bits per heavy atom. The van der Waals surface area contributed by atoms with Gasteiger partial charge in [-0.15, -0.1) is 0 Å². The first-order chi connectivity index (χ1) is 12.2. The van der Waals surface area contributed by atoms with Gasteiger partial charge in [0.1, 0.15) is 0 Å². The van der Waals surface area contributed by atoms with E-state index in [1.807, 2.05) is 0 Å². The van der Waals surface area contributed by atoms with Gasteiger partial charge in [-0.3, -0.25) is 4.79 Å². The second-order valence-electron chi connectivity index (χ2n) is 7.65. The van der Waals surface area contributed by atoms with Crippen molar-refractivity contribution in [1.29, 1.82) is 0 Å². The average molecular weight is 353 g/mol. The minimum Gasteiger partial charge on any atom is -0.352 e. The highest BCUT2D eigenvalue weighted by Gasteiger charge is 2.23. The molecule has 5 N–H and O–H groups in total. The van der Waals surface area contributed by atoms with Crippen LogP contribution >= 0.6 is 0 Å². The molecular formula is C19H36N4O2. The van der Waals surface area contributed by atoms with Crippen molar-refractivity contribution in [2.45, 2.75) is 89.1 Å². The number of hydrogen-bond donors (Lipinski definition) is 4. The minimum atomic E-state index is -0.102. The van der Waals surface area contributed by atoms with Crippen LogP contribution in [0.2, 0.25) is 0 Å². The topological polar surface area (TPSA) is 96.2 Å². The van der Waals surface area contributed by atoms with Crippen LogP contribution in [0.25, 0.3) is 0 Å². The second-order valence-corrected chi connectivity index (χ2v) is 7.65. The molecule has 2 aliphatic carbocycles. The number of rotatable bonds is 8. The summed E-state index contributed by atoms with van der Waals surface area (Å²) < 4.78 is 0. The third-order valence-electron chi connectivity index (χ3n) is 5.63. The first-order valence-corrected chi connectivity index (χ1v) is 10.2. The summed E-state index contributed by atoms with van der Waals surface area (Å²) in [5.74, 6) is 0.581. The summed E-state index contributed by atoms with van der Waals surface area (Å²) in [5.41, 5.74) is 5.86. The highest BCUT2D eigenvalue weighted by atomic mass is 16.2. The number of carbonyl (C=O) groups is 2. The van der Waals surface area contributed by atoms with E-state index in [9.17, 15) is 9.59 Å². The first-order valence-electron chi connectivity index (χ1n) is 10.2. The van der Waals surface area contributed by atoms with Gasteiger partial charge in [-0.1, -0.05) is 38.5 Å². The van der Waals surface area contributed by atoms with Gasteiger partial charge in [-0.2, -0.15) is 0 Å². The van der Waals surface area contributed by atoms with Crippen molar-refractivity contribution >= 4 is 11.9 Å². The molecule has 25 heavy (non-hydrogen) atoms. The van der Waals surface area contributed by atoms with Crippen LogP contribution in [0, 0.1) is 5.92 Å². The SMILES string of the molecule is NCC(NC(=O)CCCNC(=O)NC1CCCCC1)C1CCCCC1. The Morgan fingerprint density at radius 1 is 0.960 bits per heavy atom. The normalized spacial score (nSPS) is 20.7. The maximum atomic E-state index is 12.1. The molecule has 0 spiro atoms. The Hall–Kier alpha value is -1.30. The highest BCUT2D eigenvalue weighted by Crippen LogP contribution is 2.26. The maximum Gasteiger partial charge on any atom is 0.315 e. The molecule has 0 aliphatic heterocycles. The molecule has 1 unspecified atom stereocenters. The van der Waals surface area contributed by atoms with E-state index in [0.717, 1.165) is 12.8 Å². The zero-order valence-electron chi connectivity index (χ0n) is 15.5. The third-order valence-corrected chi connectivity index (χ3v) is 5.63. The lowest BCUT2D eigenvalue weighted by atomic mass is 9.84. The molecule has 144 valence electrons. The average Bonchev–Trinajstić information content (AvgIpc) is 2.65. The zero-order valence-corrected chi connectivity index (χ0v) is 15.5. The van der Waals surface area contributed by atoms with Gasteiger partial charge >= 0.3 is 6.03 Å². The highest BCUT2D eigenvalue weighted by molar-refractivity contribution is 5.76.